The Hall–Kier alpha value is -3.74. The van der Waals surface area contributed by atoms with Crippen molar-refractivity contribution in [2.75, 3.05) is 0 Å². The molecule has 178 valence electrons. The number of rotatable bonds is 5. The SMILES string of the molecule is CC1(C)C[C@H]1c1cccnc1[C@@H](c1ccc(C(F)(F)F)cc1)c1ccc2ccc(C(N)=O)cc2n1. The largest absolute Gasteiger partial charge is 0.416 e. The zero-order valence-corrected chi connectivity index (χ0v) is 19.3. The molecule has 0 radical (unpaired) electrons. The van der Waals surface area contributed by atoms with Gasteiger partial charge in [0.1, 0.15) is 0 Å². The van der Waals surface area contributed by atoms with Gasteiger partial charge in [0.2, 0.25) is 5.91 Å². The van der Waals surface area contributed by atoms with Crippen LogP contribution < -0.4 is 5.73 Å². The molecule has 2 aromatic carbocycles. The molecule has 35 heavy (non-hydrogen) atoms. The first-order valence-electron chi connectivity index (χ1n) is 11.4. The van der Waals surface area contributed by atoms with Crippen molar-refractivity contribution < 1.29 is 18.0 Å². The van der Waals surface area contributed by atoms with Crippen LogP contribution in [0.15, 0.2) is 72.9 Å². The third kappa shape index (κ3) is 4.38. The Morgan fingerprint density at radius 1 is 1.06 bits per heavy atom. The zero-order valence-electron chi connectivity index (χ0n) is 19.3. The highest BCUT2D eigenvalue weighted by molar-refractivity contribution is 5.96. The molecule has 0 aliphatic heterocycles. The van der Waals surface area contributed by atoms with Gasteiger partial charge in [-0.2, -0.15) is 13.2 Å². The number of benzene rings is 2. The second kappa shape index (κ2) is 8.18. The van der Waals surface area contributed by atoms with Crippen LogP contribution in [-0.2, 0) is 6.18 Å². The van der Waals surface area contributed by atoms with Gasteiger partial charge in [0.15, 0.2) is 0 Å². The fourth-order valence-electron chi connectivity index (χ4n) is 4.74. The van der Waals surface area contributed by atoms with Gasteiger partial charge in [0, 0.05) is 17.1 Å². The number of pyridine rings is 2. The lowest BCUT2D eigenvalue weighted by Gasteiger charge is -2.21. The summed E-state index contributed by atoms with van der Waals surface area (Å²) in [6, 6.07) is 17.9. The molecular weight excluding hydrogens is 451 g/mol. The Labute approximate surface area is 201 Å². The number of amides is 1. The molecule has 1 saturated carbocycles. The fraction of sp³-hybridized carbons (Fsp3) is 0.250. The van der Waals surface area contributed by atoms with Gasteiger partial charge in [-0.3, -0.25) is 14.8 Å². The molecule has 0 spiro atoms. The molecule has 2 aromatic heterocycles. The van der Waals surface area contributed by atoms with Gasteiger partial charge in [0.05, 0.1) is 28.4 Å². The van der Waals surface area contributed by atoms with Crippen LogP contribution in [0.2, 0.25) is 0 Å². The molecule has 0 unspecified atom stereocenters. The second-order valence-corrected chi connectivity index (χ2v) is 9.78. The van der Waals surface area contributed by atoms with Gasteiger partial charge in [-0.1, -0.05) is 44.2 Å². The van der Waals surface area contributed by atoms with Crippen LogP contribution in [0, 0.1) is 5.41 Å². The monoisotopic (exact) mass is 475 g/mol. The minimum absolute atomic E-state index is 0.135. The maximum Gasteiger partial charge on any atom is 0.416 e. The first-order chi connectivity index (χ1) is 16.5. The Balaban J connectivity index is 1.69. The van der Waals surface area contributed by atoms with E-state index in [0.29, 0.717) is 28.3 Å². The summed E-state index contributed by atoms with van der Waals surface area (Å²) in [6.45, 7) is 4.39. The van der Waals surface area contributed by atoms with Crippen LogP contribution in [0.5, 0.6) is 0 Å². The molecule has 4 aromatic rings. The van der Waals surface area contributed by atoms with Crippen molar-refractivity contribution in [3.8, 4) is 0 Å². The van der Waals surface area contributed by atoms with Crippen LogP contribution in [-0.4, -0.2) is 15.9 Å². The predicted molar refractivity (Wildman–Crippen MR) is 128 cm³/mol. The molecule has 5 rings (SSSR count). The highest BCUT2D eigenvalue weighted by Gasteiger charge is 2.48. The van der Waals surface area contributed by atoms with E-state index in [0.717, 1.165) is 35.2 Å². The van der Waals surface area contributed by atoms with Crippen molar-refractivity contribution >= 4 is 16.8 Å². The van der Waals surface area contributed by atoms with E-state index in [1.165, 1.54) is 12.1 Å². The van der Waals surface area contributed by atoms with E-state index >= 15 is 0 Å². The van der Waals surface area contributed by atoms with Crippen LogP contribution in [0.3, 0.4) is 0 Å². The van der Waals surface area contributed by atoms with Gasteiger partial charge < -0.3 is 5.73 Å². The molecule has 1 aliphatic rings. The molecule has 0 bridgehead atoms. The summed E-state index contributed by atoms with van der Waals surface area (Å²) in [7, 11) is 0. The van der Waals surface area contributed by atoms with Crippen molar-refractivity contribution in [3.63, 3.8) is 0 Å². The number of halogens is 3. The average molecular weight is 476 g/mol. The molecule has 7 heteroatoms. The minimum Gasteiger partial charge on any atom is -0.366 e. The first-order valence-corrected chi connectivity index (χ1v) is 11.4. The van der Waals surface area contributed by atoms with Crippen LogP contribution in [0.25, 0.3) is 10.9 Å². The summed E-state index contributed by atoms with van der Waals surface area (Å²) in [4.78, 5) is 21.2. The smallest absolute Gasteiger partial charge is 0.366 e. The third-order valence-electron chi connectivity index (χ3n) is 6.90. The standard InChI is InChI=1S/C28H24F3N3O/c1-27(2)15-21(27)20-4-3-13-33-25(20)24(17-7-10-19(11-8-17)28(29,30)31)22-12-9-16-5-6-18(26(32)35)14-23(16)34-22/h3-14,21,24H,15H2,1-2H3,(H2,32,35)/t21-,24-/m0/s1. The second-order valence-electron chi connectivity index (χ2n) is 9.78. The minimum atomic E-state index is -4.42. The molecule has 0 saturated heterocycles. The normalized spacial score (nSPS) is 17.8. The van der Waals surface area contributed by atoms with E-state index in [1.807, 2.05) is 24.3 Å². The number of nitrogens with zero attached hydrogens (tertiary/aromatic N) is 2. The van der Waals surface area contributed by atoms with Gasteiger partial charge in [0.25, 0.3) is 0 Å². The van der Waals surface area contributed by atoms with Gasteiger partial charge >= 0.3 is 6.18 Å². The summed E-state index contributed by atoms with van der Waals surface area (Å²) in [5, 5.41) is 0.828. The fourth-order valence-corrected chi connectivity index (χ4v) is 4.74. The molecule has 1 aliphatic carbocycles. The van der Waals surface area contributed by atoms with Crippen molar-refractivity contribution in [1.82, 2.24) is 9.97 Å². The Morgan fingerprint density at radius 3 is 2.37 bits per heavy atom. The Bertz CT molecular complexity index is 1430. The first kappa shape index (κ1) is 23.0. The quantitative estimate of drug-likeness (QED) is 0.361. The van der Waals surface area contributed by atoms with Gasteiger partial charge in [-0.25, -0.2) is 0 Å². The predicted octanol–water partition coefficient (Wildman–Crippen LogP) is 6.44. The van der Waals surface area contributed by atoms with Gasteiger partial charge in [-0.15, -0.1) is 0 Å². The molecule has 4 nitrogen and oxygen atoms in total. The number of nitrogens with two attached hydrogens (primary N) is 1. The maximum atomic E-state index is 13.2. The Kier molecular flexibility index (Phi) is 5.38. The van der Waals surface area contributed by atoms with Crippen molar-refractivity contribution in [3.05, 3.63) is 107 Å². The number of hydrogen-bond donors (Lipinski definition) is 1. The molecule has 1 amide bonds. The number of carbonyl (C=O) groups is 1. The van der Waals surface area contributed by atoms with E-state index in [9.17, 15) is 18.0 Å². The number of hydrogen-bond acceptors (Lipinski definition) is 3. The van der Waals surface area contributed by atoms with Gasteiger partial charge in [-0.05, 0) is 65.3 Å². The lowest BCUT2D eigenvalue weighted by Crippen LogP contribution is -2.13. The maximum absolute atomic E-state index is 13.2. The average Bonchev–Trinajstić information content (AvgIpc) is 3.46. The van der Waals surface area contributed by atoms with E-state index in [2.05, 4.69) is 13.8 Å². The van der Waals surface area contributed by atoms with Crippen LogP contribution in [0.4, 0.5) is 13.2 Å². The number of primary amides is 1. The van der Waals surface area contributed by atoms with E-state index < -0.39 is 23.6 Å². The number of carbonyl (C=O) groups excluding carboxylic acids is 1. The molecule has 2 heterocycles. The molecule has 1 fully saturated rings. The highest BCUT2D eigenvalue weighted by Crippen LogP contribution is 2.60. The summed E-state index contributed by atoms with van der Waals surface area (Å²) in [5.74, 6) is -0.724. The molecular formula is C28H24F3N3O. The number of aromatic nitrogens is 2. The third-order valence-corrected chi connectivity index (χ3v) is 6.90. The number of fused-ring (bicyclic) bond motifs is 1. The summed E-state index contributed by atoms with van der Waals surface area (Å²) < 4.78 is 39.7. The summed E-state index contributed by atoms with van der Waals surface area (Å²) >= 11 is 0. The topological polar surface area (TPSA) is 68.9 Å². The van der Waals surface area contributed by atoms with Crippen LogP contribution in [0.1, 0.15) is 70.5 Å². The zero-order chi connectivity index (χ0) is 25.0. The number of alkyl halides is 3. The molecule has 2 N–H and O–H groups in total. The van der Waals surface area contributed by atoms with Crippen molar-refractivity contribution in [1.29, 1.82) is 0 Å². The Morgan fingerprint density at radius 2 is 1.74 bits per heavy atom. The summed E-state index contributed by atoms with van der Waals surface area (Å²) in [5.41, 5.74) is 8.96. The lowest BCUT2D eigenvalue weighted by atomic mass is 9.86. The van der Waals surface area contributed by atoms with E-state index in [-0.39, 0.29) is 5.41 Å². The van der Waals surface area contributed by atoms with E-state index in [4.69, 9.17) is 15.7 Å². The van der Waals surface area contributed by atoms with Crippen molar-refractivity contribution in [2.24, 2.45) is 11.1 Å². The van der Waals surface area contributed by atoms with Crippen LogP contribution >= 0.6 is 0 Å². The molecule has 2 atom stereocenters. The summed E-state index contributed by atoms with van der Waals surface area (Å²) in [6.07, 6.45) is -1.70. The van der Waals surface area contributed by atoms with E-state index in [1.54, 1.807) is 24.4 Å². The lowest BCUT2D eigenvalue weighted by molar-refractivity contribution is -0.137. The highest BCUT2D eigenvalue weighted by atomic mass is 19.4. The van der Waals surface area contributed by atoms with Crippen molar-refractivity contribution in [2.45, 2.75) is 38.3 Å².